The van der Waals surface area contributed by atoms with Gasteiger partial charge in [-0.15, -0.1) is 0 Å². The number of hydrogen-bond donors (Lipinski definition) is 1. The molecule has 164 valence electrons. The van der Waals surface area contributed by atoms with Gasteiger partial charge in [-0.3, -0.25) is 4.99 Å². The average Bonchev–Trinajstić information content (AvgIpc) is 2.85. The van der Waals surface area contributed by atoms with Crippen LogP contribution in [0.5, 0.6) is 0 Å². The van der Waals surface area contributed by atoms with Crippen LogP contribution in [0.4, 0.5) is 22.9 Å². The van der Waals surface area contributed by atoms with Gasteiger partial charge >= 0.3 is 0 Å². The van der Waals surface area contributed by atoms with E-state index in [0.29, 0.717) is 6.54 Å². The zero-order chi connectivity index (χ0) is 21.9. The van der Waals surface area contributed by atoms with Crippen LogP contribution >= 0.6 is 0 Å². The highest BCUT2D eigenvalue weighted by Crippen LogP contribution is 2.35. The Morgan fingerprint density at radius 1 is 1.03 bits per heavy atom. The van der Waals surface area contributed by atoms with Gasteiger partial charge in [-0.2, -0.15) is 0 Å². The first-order valence-electron chi connectivity index (χ1n) is 11.1. The van der Waals surface area contributed by atoms with E-state index in [0.717, 1.165) is 43.4 Å². The summed E-state index contributed by atoms with van der Waals surface area (Å²) in [5.74, 6) is 1.01. The van der Waals surface area contributed by atoms with Crippen molar-refractivity contribution in [1.29, 1.82) is 0 Å². The Morgan fingerprint density at radius 2 is 1.84 bits per heavy atom. The molecule has 2 aromatic carbocycles. The van der Waals surface area contributed by atoms with E-state index in [4.69, 9.17) is 9.73 Å². The number of aliphatic imine (C=N–C) groups is 1. The Hall–Kier alpha value is -3.38. The first kappa shape index (κ1) is 20.5. The molecule has 0 bridgehead atoms. The van der Waals surface area contributed by atoms with Crippen molar-refractivity contribution in [2.75, 3.05) is 55.5 Å². The summed E-state index contributed by atoms with van der Waals surface area (Å²) in [4.78, 5) is 13.8. The first-order valence-corrected chi connectivity index (χ1v) is 11.1. The van der Waals surface area contributed by atoms with Crippen LogP contribution in [0.15, 0.2) is 65.8 Å². The lowest BCUT2D eigenvalue weighted by Gasteiger charge is -2.29. The quantitative estimate of drug-likeness (QED) is 0.652. The predicted octanol–water partition coefficient (Wildman–Crippen LogP) is 4.44. The molecule has 3 heterocycles. The Kier molecular flexibility index (Phi) is 5.77. The number of anilines is 4. The van der Waals surface area contributed by atoms with Gasteiger partial charge in [0.2, 0.25) is 0 Å². The van der Waals surface area contributed by atoms with Crippen LogP contribution in [0.1, 0.15) is 22.6 Å². The number of nitrogens with one attached hydrogen (secondary N) is 1. The van der Waals surface area contributed by atoms with Gasteiger partial charge in [0, 0.05) is 68.1 Å². The van der Waals surface area contributed by atoms with E-state index in [2.05, 4.69) is 95.0 Å². The van der Waals surface area contributed by atoms with Crippen molar-refractivity contribution >= 4 is 29.1 Å². The highest BCUT2D eigenvalue weighted by atomic mass is 16.5. The van der Waals surface area contributed by atoms with Crippen LogP contribution in [0.3, 0.4) is 0 Å². The zero-order valence-corrected chi connectivity index (χ0v) is 18.7. The van der Waals surface area contributed by atoms with Crippen molar-refractivity contribution in [3.8, 4) is 0 Å². The van der Waals surface area contributed by atoms with Crippen molar-refractivity contribution in [3.05, 3.63) is 77.5 Å². The van der Waals surface area contributed by atoms with Gasteiger partial charge in [0.1, 0.15) is 5.82 Å². The largest absolute Gasteiger partial charge is 0.378 e. The molecule has 0 saturated carbocycles. The third kappa shape index (κ3) is 4.18. The summed E-state index contributed by atoms with van der Waals surface area (Å²) in [6.45, 7) is 4.10. The van der Waals surface area contributed by atoms with E-state index in [1.54, 1.807) is 0 Å². The number of ether oxygens (including phenoxy) is 1. The van der Waals surface area contributed by atoms with E-state index in [1.807, 2.05) is 6.20 Å². The minimum Gasteiger partial charge on any atom is -0.378 e. The molecule has 2 aliphatic rings. The second-order valence-corrected chi connectivity index (χ2v) is 8.46. The predicted molar refractivity (Wildman–Crippen MR) is 132 cm³/mol. The van der Waals surface area contributed by atoms with Crippen molar-refractivity contribution < 1.29 is 4.74 Å². The highest BCUT2D eigenvalue weighted by Gasteiger charge is 2.22. The number of pyridine rings is 1. The molecular weight excluding hydrogens is 398 g/mol. The Bertz CT molecular complexity index is 1100. The molecular formula is C26H29N5O. The van der Waals surface area contributed by atoms with Gasteiger partial charge in [0.15, 0.2) is 0 Å². The fourth-order valence-electron chi connectivity index (χ4n) is 4.38. The summed E-state index contributed by atoms with van der Waals surface area (Å²) in [6, 6.07) is 19.4. The molecule has 1 atom stereocenters. The van der Waals surface area contributed by atoms with Gasteiger partial charge in [0.25, 0.3) is 0 Å². The second-order valence-electron chi connectivity index (χ2n) is 8.46. The smallest absolute Gasteiger partial charge is 0.135 e. The Labute approximate surface area is 189 Å². The van der Waals surface area contributed by atoms with E-state index in [-0.39, 0.29) is 5.92 Å². The molecule has 5 rings (SSSR count). The van der Waals surface area contributed by atoms with Gasteiger partial charge in [-0.05, 0) is 53.6 Å². The molecule has 1 saturated heterocycles. The lowest BCUT2D eigenvalue weighted by molar-refractivity contribution is 0.122. The van der Waals surface area contributed by atoms with E-state index < -0.39 is 0 Å². The fraction of sp³-hybridized carbons (Fsp3) is 0.308. The standard InChI is InChI=1S/C26H29N5O/c1-30(2)22-5-3-4-19(16-22)24-17-27-18-25-23(24)10-11-28-26(25)29-20-6-8-21(9-7-20)31-12-14-32-15-13-31/h3-11,16-17,24H,12-15,18H2,1-2H3,(H,28,29). The number of fused-ring (bicyclic) bond motifs is 1. The maximum atomic E-state index is 5.46. The number of nitrogens with zero attached hydrogens (tertiary/aromatic N) is 4. The summed E-state index contributed by atoms with van der Waals surface area (Å²) < 4.78 is 5.46. The second kappa shape index (κ2) is 9.01. The number of aromatic nitrogens is 1. The Morgan fingerprint density at radius 3 is 2.62 bits per heavy atom. The Balaban J connectivity index is 1.39. The zero-order valence-electron chi connectivity index (χ0n) is 18.7. The lowest BCUT2D eigenvalue weighted by atomic mass is 9.87. The van der Waals surface area contributed by atoms with E-state index in [9.17, 15) is 0 Å². The van der Waals surface area contributed by atoms with Crippen LogP contribution < -0.4 is 15.1 Å². The van der Waals surface area contributed by atoms with Gasteiger partial charge in [0.05, 0.1) is 19.8 Å². The van der Waals surface area contributed by atoms with Gasteiger partial charge in [-0.1, -0.05) is 12.1 Å². The van der Waals surface area contributed by atoms with Crippen molar-refractivity contribution in [2.45, 2.75) is 12.5 Å². The molecule has 6 heteroatoms. The van der Waals surface area contributed by atoms with Crippen LogP contribution in [0.2, 0.25) is 0 Å². The monoisotopic (exact) mass is 427 g/mol. The SMILES string of the molecule is CN(C)c1cccc(C2C=NCc3c2ccnc3Nc2ccc(N3CCOCC3)cc2)c1. The molecule has 3 aromatic rings. The number of rotatable bonds is 5. The third-order valence-corrected chi connectivity index (χ3v) is 6.18. The van der Waals surface area contributed by atoms with Crippen LogP contribution in [0, 0.1) is 0 Å². The fourth-order valence-corrected chi connectivity index (χ4v) is 4.38. The minimum atomic E-state index is 0.130. The minimum absolute atomic E-state index is 0.130. The molecule has 1 aromatic heterocycles. The lowest BCUT2D eigenvalue weighted by Crippen LogP contribution is -2.36. The van der Waals surface area contributed by atoms with Crippen molar-refractivity contribution in [1.82, 2.24) is 4.98 Å². The van der Waals surface area contributed by atoms with Gasteiger partial charge in [-0.25, -0.2) is 4.98 Å². The highest BCUT2D eigenvalue weighted by molar-refractivity contribution is 5.78. The third-order valence-electron chi connectivity index (χ3n) is 6.18. The van der Waals surface area contributed by atoms with E-state index >= 15 is 0 Å². The number of morpholine rings is 1. The van der Waals surface area contributed by atoms with Crippen molar-refractivity contribution in [2.24, 2.45) is 4.99 Å². The van der Waals surface area contributed by atoms with Crippen LogP contribution in [-0.2, 0) is 11.3 Å². The summed E-state index contributed by atoms with van der Waals surface area (Å²) in [7, 11) is 4.14. The molecule has 0 aliphatic carbocycles. The first-order chi connectivity index (χ1) is 15.7. The summed E-state index contributed by atoms with van der Waals surface area (Å²) in [6.07, 6.45) is 3.96. The molecule has 1 N–H and O–H groups in total. The van der Waals surface area contributed by atoms with Gasteiger partial charge < -0.3 is 19.9 Å². The number of hydrogen-bond acceptors (Lipinski definition) is 6. The molecule has 1 unspecified atom stereocenters. The molecule has 32 heavy (non-hydrogen) atoms. The number of benzene rings is 2. The van der Waals surface area contributed by atoms with Crippen LogP contribution in [0.25, 0.3) is 0 Å². The maximum Gasteiger partial charge on any atom is 0.135 e. The average molecular weight is 428 g/mol. The molecule has 1 fully saturated rings. The summed E-state index contributed by atoms with van der Waals surface area (Å²) >= 11 is 0. The molecule has 0 spiro atoms. The normalized spacial score (nSPS) is 17.7. The van der Waals surface area contributed by atoms with Crippen molar-refractivity contribution in [3.63, 3.8) is 0 Å². The maximum absolute atomic E-state index is 5.46. The van der Waals surface area contributed by atoms with Crippen LogP contribution in [-0.4, -0.2) is 51.6 Å². The topological polar surface area (TPSA) is 53.0 Å². The summed E-state index contributed by atoms with van der Waals surface area (Å²) in [5, 5.41) is 3.53. The molecule has 0 amide bonds. The molecule has 0 radical (unpaired) electrons. The molecule has 2 aliphatic heterocycles. The van der Waals surface area contributed by atoms with E-state index in [1.165, 1.54) is 22.5 Å². The summed E-state index contributed by atoms with van der Waals surface area (Å²) in [5.41, 5.74) is 7.12. The molecule has 6 nitrogen and oxygen atoms in total.